The molecule has 2 amide bonds. The molecule has 6 nitrogen and oxygen atoms in total. The van der Waals surface area contributed by atoms with Crippen molar-refractivity contribution in [2.45, 2.75) is 6.92 Å². The van der Waals surface area contributed by atoms with Gasteiger partial charge in [0.2, 0.25) is 0 Å². The first-order chi connectivity index (χ1) is 13.8. The highest BCUT2D eigenvalue weighted by atomic mass is 35.5. The molecule has 9 heteroatoms. The van der Waals surface area contributed by atoms with E-state index in [-0.39, 0.29) is 15.7 Å². The summed E-state index contributed by atoms with van der Waals surface area (Å²) in [5.74, 6) is -0.254. The second-order valence-electron chi connectivity index (χ2n) is 5.89. The predicted octanol–water partition coefficient (Wildman–Crippen LogP) is 4.23. The second-order valence-corrected chi connectivity index (χ2v) is 7.13. The highest BCUT2D eigenvalue weighted by molar-refractivity contribution is 7.80. The van der Waals surface area contributed by atoms with Gasteiger partial charge in [-0.1, -0.05) is 23.2 Å². The number of ether oxygens (including phenoxy) is 2. The zero-order valence-corrected chi connectivity index (χ0v) is 17.8. The van der Waals surface area contributed by atoms with E-state index in [9.17, 15) is 9.59 Å². The van der Waals surface area contributed by atoms with Crippen molar-refractivity contribution in [3.05, 3.63) is 57.6 Å². The number of nitrogens with one attached hydrogen (secondary N) is 1. The fourth-order valence-electron chi connectivity index (χ4n) is 2.81. The van der Waals surface area contributed by atoms with E-state index in [4.69, 9.17) is 44.9 Å². The average Bonchev–Trinajstić information content (AvgIpc) is 2.66. The van der Waals surface area contributed by atoms with Gasteiger partial charge in [0.15, 0.2) is 5.11 Å². The van der Waals surface area contributed by atoms with Crippen LogP contribution < -0.4 is 19.7 Å². The van der Waals surface area contributed by atoms with Crippen molar-refractivity contribution in [2.75, 3.05) is 18.6 Å². The molecular weight excluding hydrogens is 435 g/mol. The molecule has 2 aromatic carbocycles. The van der Waals surface area contributed by atoms with Gasteiger partial charge in [-0.3, -0.25) is 19.8 Å². The lowest BCUT2D eigenvalue weighted by Gasteiger charge is -2.29. The number of amides is 2. The number of rotatable bonds is 5. The third-order valence-electron chi connectivity index (χ3n) is 4.05. The van der Waals surface area contributed by atoms with Crippen LogP contribution in [0.4, 0.5) is 5.69 Å². The van der Waals surface area contributed by atoms with Gasteiger partial charge in [-0.25, -0.2) is 0 Å². The molecule has 0 bridgehead atoms. The van der Waals surface area contributed by atoms with Crippen LogP contribution in [0.5, 0.6) is 11.5 Å². The van der Waals surface area contributed by atoms with E-state index in [1.807, 2.05) is 6.92 Å². The average molecular weight is 451 g/mol. The Labute approximate surface area is 183 Å². The normalized spacial score (nSPS) is 15.5. The number of anilines is 1. The van der Waals surface area contributed by atoms with Gasteiger partial charge in [-0.2, -0.15) is 0 Å². The van der Waals surface area contributed by atoms with Crippen LogP contribution in [0, 0.1) is 0 Å². The molecule has 0 aromatic heterocycles. The fraction of sp³-hybridized carbons (Fsp3) is 0.150. The van der Waals surface area contributed by atoms with E-state index in [1.54, 1.807) is 30.3 Å². The van der Waals surface area contributed by atoms with Crippen molar-refractivity contribution in [2.24, 2.45) is 0 Å². The molecule has 1 aliphatic rings. The Morgan fingerprint density at radius 1 is 1.17 bits per heavy atom. The van der Waals surface area contributed by atoms with Gasteiger partial charge in [-0.15, -0.1) is 0 Å². The summed E-state index contributed by atoms with van der Waals surface area (Å²) in [6.45, 7) is 2.40. The Kier molecular flexibility index (Phi) is 6.42. The summed E-state index contributed by atoms with van der Waals surface area (Å²) in [5.41, 5.74) is 0.748. The minimum absolute atomic E-state index is 0.0163. The van der Waals surface area contributed by atoms with Crippen LogP contribution in [0.15, 0.2) is 42.0 Å². The molecular formula is C20H16Cl2N2O4S. The molecule has 0 radical (unpaired) electrons. The summed E-state index contributed by atoms with van der Waals surface area (Å²) < 4.78 is 10.7. The van der Waals surface area contributed by atoms with Crippen molar-refractivity contribution < 1.29 is 19.1 Å². The van der Waals surface area contributed by atoms with E-state index in [1.165, 1.54) is 24.2 Å². The maximum atomic E-state index is 13.1. The lowest BCUT2D eigenvalue weighted by Crippen LogP contribution is -2.54. The SMILES string of the molecule is CCOc1ccc(N2C(=O)/C(=C/c3cc(Cl)cc(Cl)c3OC)C(=O)NC2=S)cc1. The quantitative estimate of drug-likeness (QED) is 0.419. The van der Waals surface area contributed by atoms with Gasteiger partial charge in [0.25, 0.3) is 11.8 Å². The topological polar surface area (TPSA) is 67.9 Å². The van der Waals surface area contributed by atoms with Gasteiger partial charge < -0.3 is 9.47 Å². The lowest BCUT2D eigenvalue weighted by atomic mass is 10.1. The highest BCUT2D eigenvalue weighted by Gasteiger charge is 2.34. The Morgan fingerprint density at radius 3 is 2.48 bits per heavy atom. The first kappa shape index (κ1) is 21.1. The molecule has 0 spiro atoms. The fourth-order valence-corrected chi connectivity index (χ4v) is 3.68. The standard InChI is InChI=1S/C20H16Cl2N2O4S/c1-3-28-14-6-4-13(5-7-14)24-19(26)15(18(25)23-20(24)29)9-11-8-12(21)10-16(22)17(11)27-2/h4-10H,3H2,1-2H3,(H,23,25,29)/b15-9+. The number of halogens is 2. The molecule has 150 valence electrons. The van der Waals surface area contributed by atoms with Crippen LogP contribution in [-0.2, 0) is 9.59 Å². The Bertz CT molecular complexity index is 1020. The van der Waals surface area contributed by atoms with Crippen molar-refractivity contribution in [3.63, 3.8) is 0 Å². The van der Waals surface area contributed by atoms with Crippen LogP contribution in [0.2, 0.25) is 10.0 Å². The van der Waals surface area contributed by atoms with Gasteiger partial charge in [0, 0.05) is 10.6 Å². The molecule has 1 N–H and O–H groups in total. The van der Waals surface area contributed by atoms with E-state index < -0.39 is 11.8 Å². The number of carbonyl (C=O) groups is 2. The lowest BCUT2D eigenvalue weighted by molar-refractivity contribution is -0.122. The van der Waals surface area contributed by atoms with E-state index in [0.717, 1.165) is 0 Å². The van der Waals surface area contributed by atoms with Crippen molar-refractivity contribution in [1.82, 2.24) is 5.32 Å². The maximum absolute atomic E-state index is 13.1. The molecule has 0 atom stereocenters. The van der Waals surface area contributed by atoms with Crippen LogP contribution in [-0.4, -0.2) is 30.6 Å². The molecule has 1 saturated heterocycles. The third-order valence-corrected chi connectivity index (χ3v) is 4.83. The molecule has 0 unspecified atom stereocenters. The zero-order valence-electron chi connectivity index (χ0n) is 15.5. The Hall–Kier alpha value is -2.61. The number of hydrogen-bond donors (Lipinski definition) is 1. The summed E-state index contributed by atoms with van der Waals surface area (Å²) in [6, 6.07) is 9.85. The van der Waals surface area contributed by atoms with E-state index in [2.05, 4.69) is 5.32 Å². The molecule has 1 fully saturated rings. The molecule has 0 saturated carbocycles. The summed E-state index contributed by atoms with van der Waals surface area (Å²) in [6.07, 6.45) is 1.37. The van der Waals surface area contributed by atoms with Crippen LogP contribution in [0.1, 0.15) is 12.5 Å². The Balaban J connectivity index is 2.02. The number of methoxy groups -OCH3 is 1. The number of hydrogen-bond acceptors (Lipinski definition) is 5. The van der Waals surface area contributed by atoms with E-state index in [0.29, 0.717) is 34.4 Å². The Morgan fingerprint density at radius 2 is 1.86 bits per heavy atom. The summed E-state index contributed by atoms with van der Waals surface area (Å²) >= 11 is 17.4. The second kappa shape index (κ2) is 8.82. The minimum Gasteiger partial charge on any atom is -0.495 e. The summed E-state index contributed by atoms with van der Waals surface area (Å²) in [5, 5.41) is 3.11. The number of thiocarbonyl (C=S) groups is 1. The van der Waals surface area contributed by atoms with Crippen molar-refractivity contribution in [3.8, 4) is 11.5 Å². The maximum Gasteiger partial charge on any atom is 0.270 e. The molecule has 1 aliphatic heterocycles. The summed E-state index contributed by atoms with van der Waals surface area (Å²) in [7, 11) is 1.43. The minimum atomic E-state index is -0.625. The first-order valence-electron chi connectivity index (χ1n) is 8.53. The molecule has 1 heterocycles. The van der Waals surface area contributed by atoms with Crippen LogP contribution >= 0.6 is 35.4 Å². The molecule has 0 aliphatic carbocycles. The van der Waals surface area contributed by atoms with Gasteiger partial charge >= 0.3 is 0 Å². The predicted molar refractivity (Wildman–Crippen MR) is 117 cm³/mol. The third kappa shape index (κ3) is 4.37. The molecule has 3 rings (SSSR count). The van der Waals surface area contributed by atoms with Gasteiger partial charge in [0.05, 0.1) is 24.4 Å². The van der Waals surface area contributed by atoms with Crippen molar-refractivity contribution >= 4 is 64.1 Å². The number of benzene rings is 2. The van der Waals surface area contributed by atoms with Crippen LogP contribution in [0.25, 0.3) is 6.08 Å². The summed E-state index contributed by atoms with van der Waals surface area (Å²) in [4.78, 5) is 26.8. The molecule has 2 aromatic rings. The van der Waals surface area contributed by atoms with Gasteiger partial charge in [-0.05, 0) is 61.6 Å². The number of carbonyl (C=O) groups excluding carboxylic acids is 2. The zero-order chi connectivity index (χ0) is 21.1. The van der Waals surface area contributed by atoms with Crippen LogP contribution in [0.3, 0.4) is 0 Å². The van der Waals surface area contributed by atoms with Gasteiger partial charge in [0.1, 0.15) is 17.1 Å². The molecule has 29 heavy (non-hydrogen) atoms. The van der Waals surface area contributed by atoms with E-state index >= 15 is 0 Å². The van der Waals surface area contributed by atoms with Crippen molar-refractivity contribution in [1.29, 1.82) is 0 Å². The largest absolute Gasteiger partial charge is 0.495 e. The monoisotopic (exact) mass is 450 g/mol. The number of nitrogens with zero attached hydrogens (tertiary/aromatic N) is 1. The highest BCUT2D eigenvalue weighted by Crippen LogP contribution is 2.34. The first-order valence-corrected chi connectivity index (χ1v) is 9.69. The smallest absolute Gasteiger partial charge is 0.270 e.